The van der Waals surface area contributed by atoms with Gasteiger partial charge in [-0.3, -0.25) is 0 Å². The van der Waals surface area contributed by atoms with E-state index in [4.69, 9.17) is 4.74 Å². The second-order valence-corrected chi connectivity index (χ2v) is 5.84. The largest absolute Gasteiger partial charge is 0.508 e. The van der Waals surface area contributed by atoms with Gasteiger partial charge in [-0.1, -0.05) is 6.07 Å². The molecule has 0 saturated carbocycles. The zero-order chi connectivity index (χ0) is 20.7. The third-order valence-electron chi connectivity index (χ3n) is 3.86. The number of hydrogen-bond donors (Lipinski definition) is 3. The molecule has 0 aromatic heterocycles. The molecule has 0 spiro atoms. The summed E-state index contributed by atoms with van der Waals surface area (Å²) in [5.41, 5.74) is -0.653. The Hall–Kier alpha value is -2.97. The van der Waals surface area contributed by atoms with E-state index in [0.717, 1.165) is 12.1 Å². The molecule has 0 aliphatic carbocycles. The maximum atomic E-state index is 13.2. The summed E-state index contributed by atoms with van der Waals surface area (Å²) in [7, 11) is 1.49. The summed E-state index contributed by atoms with van der Waals surface area (Å²) in [6, 6.07) is 7.21. The summed E-state index contributed by atoms with van der Waals surface area (Å²) in [5.74, 6) is -0.132. The third kappa shape index (κ3) is 5.77. The lowest BCUT2D eigenvalue weighted by atomic mass is 10.1. The number of phenols is 1. The molecule has 0 aliphatic heterocycles. The Balaban J connectivity index is 2.17. The summed E-state index contributed by atoms with van der Waals surface area (Å²) >= 11 is 0. The Morgan fingerprint density at radius 3 is 2.50 bits per heavy atom. The predicted octanol–water partition coefficient (Wildman–Crippen LogP) is 3.81. The van der Waals surface area contributed by atoms with E-state index in [1.807, 2.05) is 0 Å². The molecule has 2 rings (SSSR count). The number of hydrogen-bond acceptors (Lipinski definition) is 3. The van der Waals surface area contributed by atoms with E-state index in [-0.39, 0.29) is 30.4 Å². The van der Waals surface area contributed by atoms with Crippen LogP contribution < -0.4 is 15.4 Å². The first-order valence-electron chi connectivity index (χ1n) is 8.48. The summed E-state index contributed by atoms with van der Waals surface area (Å²) in [4.78, 5) is 4.27. The van der Waals surface area contributed by atoms with Crippen molar-refractivity contribution in [2.24, 2.45) is 4.99 Å². The second-order valence-electron chi connectivity index (χ2n) is 5.84. The number of phenolic OH excluding ortho intramolecular Hbond substituents is 1. The van der Waals surface area contributed by atoms with E-state index in [1.54, 1.807) is 19.1 Å². The Labute approximate surface area is 160 Å². The smallest absolute Gasteiger partial charge is 0.416 e. The molecule has 0 bridgehead atoms. The van der Waals surface area contributed by atoms with Gasteiger partial charge in [0.15, 0.2) is 5.96 Å². The molecule has 2 aromatic rings. The van der Waals surface area contributed by atoms with Gasteiger partial charge in [0.05, 0.1) is 19.2 Å². The quantitative estimate of drug-likeness (QED) is 0.393. The number of guanidine groups is 1. The van der Waals surface area contributed by atoms with Gasteiger partial charge in [0.1, 0.15) is 17.3 Å². The highest BCUT2D eigenvalue weighted by Gasteiger charge is 2.33. The van der Waals surface area contributed by atoms with Crippen LogP contribution in [0.3, 0.4) is 0 Å². The van der Waals surface area contributed by atoms with Crippen molar-refractivity contribution in [1.82, 2.24) is 10.6 Å². The van der Waals surface area contributed by atoms with Gasteiger partial charge >= 0.3 is 6.18 Å². The zero-order valence-corrected chi connectivity index (χ0v) is 15.4. The van der Waals surface area contributed by atoms with Crippen LogP contribution in [-0.2, 0) is 19.3 Å². The number of nitrogens with one attached hydrogen (secondary N) is 2. The SMILES string of the molecule is CCNC(=NCc1cc(OC)ccc1O)NCc1ccc(F)cc1C(F)(F)F. The van der Waals surface area contributed by atoms with Crippen molar-refractivity contribution >= 4 is 5.96 Å². The molecule has 2 aromatic carbocycles. The number of ether oxygens (including phenoxy) is 1. The Kier molecular flexibility index (Phi) is 7.08. The van der Waals surface area contributed by atoms with Crippen LogP contribution in [0.5, 0.6) is 11.5 Å². The van der Waals surface area contributed by atoms with Crippen LogP contribution >= 0.6 is 0 Å². The van der Waals surface area contributed by atoms with E-state index in [1.165, 1.54) is 13.2 Å². The van der Waals surface area contributed by atoms with E-state index in [2.05, 4.69) is 15.6 Å². The van der Waals surface area contributed by atoms with Crippen LogP contribution in [0.1, 0.15) is 23.6 Å². The highest BCUT2D eigenvalue weighted by molar-refractivity contribution is 5.79. The number of benzene rings is 2. The number of halogens is 4. The Morgan fingerprint density at radius 1 is 1.11 bits per heavy atom. The van der Waals surface area contributed by atoms with Crippen LogP contribution in [0.15, 0.2) is 41.4 Å². The molecule has 0 aliphatic rings. The Bertz CT molecular complexity index is 838. The molecule has 0 unspecified atom stereocenters. The van der Waals surface area contributed by atoms with E-state index < -0.39 is 17.6 Å². The molecule has 28 heavy (non-hydrogen) atoms. The fraction of sp³-hybridized carbons (Fsp3) is 0.316. The second kappa shape index (κ2) is 9.29. The van der Waals surface area contributed by atoms with Crippen molar-refractivity contribution in [1.29, 1.82) is 0 Å². The lowest BCUT2D eigenvalue weighted by molar-refractivity contribution is -0.138. The molecule has 0 fully saturated rings. The average Bonchev–Trinajstić information content (AvgIpc) is 2.65. The van der Waals surface area contributed by atoms with Crippen molar-refractivity contribution < 1.29 is 27.4 Å². The van der Waals surface area contributed by atoms with Crippen molar-refractivity contribution in [3.05, 3.63) is 58.9 Å². The van der Waals surface area contributed by atoms with Crippen LogP contribution in [0.2, 0.25) is 0 Å². The van der Waals surface area contributed by atoms with Gasteiger partial charge < -0.3 is 20.5 Å². The fourth-order valence-electron chi connectivity index (χ4n) is 2.47. The van der Waals surface area contributed by atoms with Crippen LogP contribution in [0.25, 0.3) is 0 Å². The van der Waals surface area contributed by atoms with Gasteiger partial charge in [-0.25, -0.2) is 9.38 Å². The van der Waals surface area contributed by atoms with E-state index >= 15 is 0 Å². The number of rotatable bonds is 6. The summed E-state index contributed by atoms with van der Waals surface area (Å²) < 4.78 is 57.6. The molecule has 152 valence electrons. The number of alkyl halides is 3. The Morgan fingerprint density at radius 2 is 1.86 bits per heavy atom. The lowest BCUT2D eigenvalue weighted by Crippen LogP contribution is -2.37. The van der Waals surface area contributed by atoms with Gasteiger partial charge in [0.2, 0.25) is 0 Å². The summed E-state index contributed by atoms with van der Waals surface area (Å²) in [5, 5.41) is 15.6. The van der Waals surface area contributed by atoms with Gasteiger partial charge in [-0.05, 0) is 42.8 Å². The topological polar surface area (TPSA) is 65.9 Å². The minimum atomic E-state index is -4.67. The van der Waals surface area contributed by atoms with Crippen LogP contribution in [0.4, 0.5) is 17.6 Å². The lowest BCUT2D eigenvalue weighted by Gasteiger charge is -2.16. The first-order valence-corrected chi connectivity index (χ1v) is 8.48. The number of methoxy groups -OCH3 is 1. The van der Waals surface area contributed by atoms with E-state index in [0.29, 0.717) is 23.9 Å². The van der Waals surface area contributed by atoms with Crippen LogP contribution in [-0.4, -0.2) is 24.7 Å². The standard InChI is InChI=1S/C19H21F4N3O2/c1-3-24-18(26-11-13-8-15(28-2)6-7-17(13)27)25-10-12-4-5-14(20)9-16(12)19(21,22)23/h4-9,27H,3,10-11H2,1-2H3,(H2,24,25,26). The minimum absolute atomic E-state index is 0.0262. The molecule has 5 nitrogen and oxygen atoms in total. The fourth-order valence-corrected chi connectivity index (χ4v) is 2.47. The molecule has 0 radical (unpaired) electrons. The molecular formula is C19H21F4N3O2. The maximum absolute atomic E-state index is 13.2. The van der Waals surface area contributed by atoms with Crippen molar-refractivity contribution in [2.75, 3.05) is 13.7 Å². The van der Waals surface area contributed by atoms with Gasteiger partial charge in [0, 0.05) is 18.7 Å². The minimum Gasteiger partial charge on any atom is -0.508 e. The molecule has 0 heterocycles. The van der Waals surface area contributed by atoms with Gasteiger partial charge in [-0.15, -0.1) is 0 Å². The van der Waals surface area contributed by atoms with Crippen molar-refractivity contribution in [3.8, 4) is 11.5 Å². The molecule has 0 amide bonds. The highest BCUT2D eigenvalue weighted by atomic mass is 19.4. The highest BCUT2D eigenvalue weighted by Crippen LogP contribution is 2.32. The van der Waals surface area contributed by atoms with Crippen molar-refractivity contribution in [2.45, 2.75) is 26.2 Å². The first kappa shape index (κ1) is 21.3. The molecule has 0 saturated heterocycles. The molecule has 0 atom stereocenters. The average molecular weight is 399 g/mol. The molecule has 9 heteroatoms. The van der Waals surface area contributed by atoms with Gasteiger partial charge in [-0.2, -0.15) is 13.2 Å². The number of nitrogens with zero attached hydrogens (tertiary/aromatic N) is 1. The van der Waals surface area contributed by atoms with Crippen molar-refractivity contribution in [3.63, 3.8) is 0 Å². The number of aliphatic imine (C=N–C) groups is 1. The normalized spacial score (nSPS) is 12.0. The number of aromatic hydroxyl groups is 1. The summed E-state index contributed by atoms with van der Waals surface area (Å²) in [6.45, 7) is 2.16. The van der Waals surface area contributed by atoms with E-state index in [9.17, 15) is 22.7 Å². The maximum Gasteiger partial charge on any atom is 0.416 e. The van der Waals surface area contributed by atoms with Crippen LogP contribution in [0, 0.1) is 5.82 Å². The zero-order valence-electron chi connectivity index (χ0n) is 15.4. The third-order valence-corrected chi connectivity index (χ3v) is 3.86. The van der Waals surface area contributed by atoms with Gasteiger partial charge in [0.25, 0.3) is 0 Å². The monoisotopic (exact) mass is 399 g/mol. The summed E-state index contributed by atoms with van der Waals surface area (Å²) in [6.07, 6.45) is -4.67. The predicted molar refractivity (Wildman–Crippen MR) is 97.7 cm³/mol. The molecular weight excluding hydrogens is 378 g/mol. The first-order chi connectivity index (χ1) is 13.2. The molecule has 3 N–H and O–H groups in total.